The zero-order valence-corrected chi connectivity index (χ0v) is 64.5. The van der Waals surface area contributed by atoms with E-state index in [0.29, 0.717) is 112 Å². The maximum atomic E-state index is 16.9. The first kappa shape index (κ1) is 87.9. The molecule has 3 saturated heterocycles. The summed E-state index contributed by atoms with van der Waals surface area (Å²) in [6.07, 6.45) is -12.9. The number of nitrogens with two attached hydrogens (primary N) is 1. The highest BCUT2D eigenvalue weighted by Gasteiger charge is 2.58. The predicted octanol–water partition coefficient (Wildman–Crippen LogP) is 8.22. The Bertz CT molecular complexity index is 4720. The van der Waals surface area contributed by atoms with Crippen molar-refractivity contribution in [1.82, 2.24) is 56.4 Å². The fourth-order valence-corrected chi connectivity index (χ4v) is 14.4. The van der Waals surface area contributed by atoms with Crippen LogP contribution in [0.15, 0.2) is 102 Å². The molecule has 6 atom stereocenters. The number of alkyl halides is 8. The lowest BCUT2D eigenvalue weighted by Gasteiger charge is -2.47. The van der Waals surface area contributed by atoms with Gasteiger partial charge in [0.1, 0.15) is 35.6 Å². The van der Waals surface area contributed by atoms with Gasteiger partial charge in [-0.25, -0.2) is 56.2 Å². The second-order valence-electron chi connectivity index (χ2n) is 29.4. The van der Waals surface area contributed by atoms with Gasteiger partial charge < -0.3 is 49.6 Å². The van der Waals surface area contributed by atoms with Gasteiger partial charge in [-0.3, -0.25) is 39.3 Å². The molecule has 9 rings (SSSR count). The lowest BCUT2D eigenvalue weighted by Crippen LogP contribution is -2.64. The molecule has 3 fully saturated rings. The number of primary sulfonamides is 1. The first-order valence-corrected chi connectivity index (χ1v) is 38.2. The number of phosphoric ester groups is 1. The number of alkyl carbamates (subject to hydrolysis) is 2. The van der Waals surface area contributed by atoms with E-state index in [1.807, 2.05) is 5.32 Å². The minimum absolute atomic E-state index is 0.0643. The monoisotopic (exact) mass is 1650 g/mol. The van der Waals surface area contributed by atoms with E-state index in [4.69, 9.17) is 19.1 Å². The fourth-order valence-electron chi connectivity index (χ4n) is 13.5. The van der Waals surface area contributed by atoms with E-state index in [1.165, 1.54) is 87.8 Å². The number of methoxy groups -OCH3 is 2. The van der Waals surface area contributed by atoms with Crippen molar-refractivity contribution >= 4 is 59.7 Å². The first-order chi connectivity index (χ1) is 53.1. The number of hydrazine groups is 1. The van der Waals surface area contributed by atoms with Crippen LogP contribution in [0.4, 0.5) is 59.4 Å². The number of aromatic nitrogens is 4. The van der Waals surface area contributed by atoms with E-state index >= 15 is 44.7 Å². The Labute approximate surface area is 648 Å². The smallest absolute Gasteiger partial charge is 0.459 e. The summed E-state index contributed by atoms with van der Waals surface area (Å²) in [6, 6.07) is 8.75. The molecular formula is C73H84F10N13O16PS. The molecule has 5 heterocycles. The van der Waals surface area contributed by atoms with Crippen molar-refractivity contribution in [2.45, 2.75) is 165 Å². The van der Waals surface area contributed by atoms with Crippen LogP contribution in [0.5, 0.6) is 5.75 Å². The topological polar surface area (TPSA) is 380 Å². The third-order valence-electron chi connectivity index (χ3n) is 19.8. The molecule has 3 aliphatic heterocycles. The largest absolute Gasteiger partial charge is 0.524 e. The van der Waals surface area contributed by atoms with Gasteiger partial charge in [-0.1, -0.05) is 56.0 Å². The molecule has 41 heteroatoms. The third-order valence-corrected chi connectivity index (χ3v) is 21.2. The highest BCUT2D eigenvalue weighted by atomic mass is 32.2. The molecule has 3 aliphatic rings. The number of aryl methyl sites for hydroxylation is 1. The molecule has 0 spiro atoms. The van der Waals surface area contributed by atoms with Crippen molar-refractivity contribution in [3.05, 3.63) is 154 Å². The van der Waals surface area contributed by atoms with Crippen molar-refractivity contribution in [3.8, 4) is 28.8 Å². The Morgan fingerprint density at radius 1 is 0.754 bits per heavy atom. The number of amides is 5. The number of anilines is 1. The van der Waals surface area contributed by atoms with Gasteiger partial charge in [-0.2, -0.15) is 40.2 Å². The number of hydrogen-bond acceptors (Lipinski definition) is 20. The average molecular weight is 1650 g/mol. The number of benzene rings is 4. The number of fused-ring (bicyclic) bond motifs is 2. The fraction of sp³-hybridized carbons (Fsp3) is 0.466. The Morgan fingerprint density at radius 3 is 1.82 bits per heavy atom. The van der Waals surface area contributed by atoms with Crippen LogP contribution in [0, 0.1) is 41.2 Å². The van der Waals surface area contributed by atoms with Crippen molar-refractivity contribution in [2.24, 2.45) is 16.0 Å². The molecule has 0 saturated carbocycles. The summed E-state index contributed by atoms with van der Waals surface area (Å²) in [5, 5.41) is 17.9. The zero-order valence-electron chi connectivity index (χ0n) is 62.8. The van der Waals surface area contributed by atoms with Crippen LogP contribution in [0.1, 0.15) is 112 Å². The van der Waals surface area contributed by atoms with Gasteiger partial charge in [0.2, 0.25) is 27.8 Å². The number of esters is 1. The van der Waals surface area contributed by atoms with Crippen LogP contribution in [0.2, 0.25) is 0 Å². The molecule has 0 aliphatic carbocycles. The molecule has 5 amide bonds. The van der Waals surface area contributed by atoms with Gasteiger partial charge in [0.05, 0.1) is 85.9 Å². The number of phosphoric acid groups is 1. The number of ether oxygens (including phenoxy) is 4. The molecule has 2 bridgehead atoms. The quantitative estimate of drug-likeness (QED) is 0.00525. The molecule has 0 radical (unpaired) electrons. The molecule has 29 nitrogen and oxygen atoms in total. The molecule has 9 N–H and O–H groups in total. The summed E-state index contributed by atoms with van der Waals surface area (Å²) >= 11 is 0. The van der Waals surface area contributed by atoms with Crippen LogP contribution in [-0.2, 0) is 84.1 Å². The summed E-state index contributed by atoms with van der Waals surface area (Å²) in [5.74, 6) is -3.15. The maximum absolute atomic E-state index is 16.9. The summed E-state index contributed by atoms with van der Waals surface area (Å²) < 4.78 is 216. The second kappa shape index (κ2) is 35.4. The SMILES string of the molecule is COC(=O)N[C@H](C(=O)N[C@@H](Cc1ccc(C#Cc2cnc(N3CC4CCC(C3)N4C3COC3)nc2)cc1)[C@H](CN(Cc1c(F)cc(-c2ccn(C(F)F)n2)cc1F)NC(=O)[C@@H](NC(=O)OC)C(C)(C)C(F)(F)F)OC(=O)CC(C)(C)c1c(CC(=O)NCc2ccc(S(N)(=O)=O)cc2)cc(C)cc1OP(=O)(O)O)C(C)(C)C(F)(F)F. The van der Waals surface area contributed by atoms with Crippen LogP contribution < -0.4 is 41.3 Å². The van der Waals surface area contributed by atoms with Crippen LogP contribution in [-0.4, -0.2) is 186 Å². The number of sulfonamides is 1. The molecule has 2 aromatic heterocycles. The van der Waals surface area contributed by atoms with E-state index in [0.717, 1.165) is 45.4 Å². The summed E-state index contributed by atoms with van der Waals surface area (Å²) in [6.45, 7) is 2.55. The van der Waals surface area contributed by atoms with Crippen LogP contribution in [0.25, 0.3) is 11.3 Å². The number of carbonyl (C=O) groups is 6. The van der Waals surface area contributed by atoms with E-state index in [1.54, 1.807) is 5.32 Å². The molecule has 4 aromatic carbocycles. The Balaban J connectivity index is 1.16. The number of nitrogens with zero attached hydrogens (tertiary/aromatic N) is 7. The molecule has 114 heavy (non-hydrogen) atoms. The minimum Gasteiger partial charge on any atom is -0.459 e. The first-order valence-electron chi connectivity index (χ1n) is 35.1. The van der Waals surface area contributed by atoms with Crippen molar-refractivity contribution in [3.63, 3.8) is 0 Å². The third kappa shape index (κ3) is 21.9. The van der Waals surface area contributed by atoms with Crippen LogP contribution >= 0.6 is 7.82 Å². The van der Waals surface area contributed by atoms with Crippen molar-refractivity contribution in [2.75, 3.05) is 52.0 Å². The number of piperazine rings is 1. The number of halogens is 10. The van der Waals surface area contributed by atoms with Crippen molar-refractivity contribution in [1.29, 1.82) is 0 Å². The maximum Gasteiger partial charge on any atom is 0.524 e. The van der Waals surface area contributed by atoms with Gasteiger partial charge in [0.25, 0.3) is 5.91 Å². The average Bonchev–Trinajstić information content (AvgIpc) is 1.59. The van der Waals surface area contributed by atoms with E-state index < -0.39 is 180 Å². The van der Waals surface area contributed by atoms with Gasteiger partial charge in [0, 0.05) is 84.5 Å². The molecule has 6 aromatic rings. The number of hydrogen-bond donors (Lipinski definition) is 8. The Kier molecular flexibility index (Phi) is 27.3. The normalized spacial score (nSPS) is 16.8. The molecule has 618 valence electrons. The van der Waals surface area contributed by atoms with Crippen LogP contribution in [0.3, 0.4) is 0 Å². The highest BCUT2D eigenvalue weighted by Crippen LogP contribution is 2.47. The lowest BCUT2D eigenvalue weighted by molar-refractivity contribution is -0.221. The Morgan fingerprint density at radius 2 is 1.31 bits per heavy atom. The van der Waals surface area contributed by atoms with Gasteiger partial charge in [-0.15, -0.1) is 0 Å². The second-order valence-corrected chi connectivity index (χ2v) is 32.1. The van der Waals surface area contributed by atoms with Gasteiger partial charge >= 0.3 is 44.9 Å². The molecule has 2 unspecified atom stereocenters. The number of rotatable bonds is 30. The van der Waals surface area contributed by atoms with E-state index in [-0.39, 0.29) is 38.4 Å². The summed E-state index contributed by atoms with van der Waals surface area (Å²) in [4.78, 5) is 119. The zero-order chi connectivity index (χ0) is 84.0. The Hall–Kier alpha value is -10.0. The van der Waals surface area contributed by atoms with E-state index in [9.17, 15) is 50.7 Å². The standard InChI is InChI=1S/C73H84F10N13O16PS/c1-40-24-46(29-58(97)85-31-43-16-20-50(21-17-43)114(84,106)107)60(56(25-40)112-113(103,104)105)69(2,3)30-59(98)111-57(37-94(92-64(100)62(90-68(102)109-9)71(6,7)73(81,82)83)36-51-52(74)27-45(28-53(51)75)54-22-23-95(91-54)65(76)77)55(88-63(99)61(89-67(101)108-8)70(4,5)72(78,79)80)26-42-13-10-41(11-14-42)12-15-44-32-86-66(87-33-44)93-34-47-18-19-48(35-93)96(47)49-38-110-39-49/h10-11,13-14,16-17,20-25,27-28,32-33,47-49,55,57,61-62,65H,18-19,26,29-31,34-39H2,1-9H3,(H,85,97)(H,88,99)(H,89,101)(H,90,102)(H,92,100)(H2,84,106,107)(H2,103,104,105)/t47?,48?,55-,57-,61+,62+/m0/s1. The van der Waals surface area contributed by atoms with Crippen molar-refractivity contribution < 1.29 is 119 Å². The number of carbonyl (C=O) groups excluding carboxylic acids is 6. The predicted molar refractivity (Wildman–Crippen MR) is 386 cm³/mol. The summed E-state index contributed by atoms with van der Waals surface area (Å²) in [5.41, 5.74) is -7.39. The molecular weight excluding hydrogens is 1570 g/mol. The highest BCUT2D eigenvalue weighted by molar-refractivity contribution is 7.89. The minimum atomic E-state index is -5.59. The van der Waals surface area contributed by atoms with E-state index in [2.05, 4.69) is 62.2 Å². The number of nitrogens with one attached hydrogen (secondary N) is 5. The summed E-state index contributed by atoms with van der Waals surface area (Å²) in [7, 11) is -8.24. The van der Waals surface area contributed by atoms with Gasteiger partial charge in [0.15, 0.2) is 0 Å². The lowest BCUT2D eigenvalue weighted by atomic mass is 9.77. The van der Waals surface area contributed by atoms with Gasteiger partial charge in [-0.05, 0) is 125 Å².